The predicted octanol–water partition coefficient (Wildman–Crippen LogP) is 4.17. The van der Waals surface area contributed by atoms with Crippen molar-refractivity contribution >= 4 is 46.3 Å². The highest BCUT2D eigenvalue weighted by Crippen LogP contribution is 2.34. The quantitative estimate of drug-likeness (QED) is 0.191. The lowest BCUT2D eigenvalue weighted by Crippen LogP contribution is -2.52. The number of carbonyl (C=O) groups excluding carboxylic acids is 4. The third-order valence-electron chi connectivity index (χ3n) is 10.4. The first kappa shape index (κ1) is 34.3. The number of rotatable bonds is 9. The van der Waals surface area contributed by atoms with Gasteiger partial charge in [-0.2, -0.15) is 4.68 Å². The third-order valence-corrected chi connectivity index (χ3v) is 10.6. The molecular weight excluding hydrogens is 705 g/mol. The minimum absolute atomic E-state index is 0.0439. The number of carbonyl (C=O) groups is 4. The summed E-state index contributed by atoms with van der Waals surface area (Å²) in [4.78, 5) is 75.6. The van der Waals surface area contributed by atoms with Crippen LogP contribution in [0.1, 0.15) is 64.3 Å². The van der Waals surface area contributed by atoms with Crippen LogP contribution in [0, 0.1) is 5.82 Å². The molecule has 53 heavy (non-hydrogen) atoms. The Morgan fingerprint density at radius 3 is 2.55 bits per heavy atom. The fourth-order valence-corrected chi connectivity index (χ4v) is 7.72. The van der Waals surface area contributed by atoms with E-state index in [2.05, 4.69) is 20.4 Å². The summed E-state index contributed by atoms with van der Waals surface area (Å²) in [5, 5.41) is 6.17. The molecule has 1 unspecified atom stereocenters. The van der Waals surface area contributed by atoms with Crippen molar-refractivity contribution in [1.29, 1.82) is 0 Å². The number of nitrogens with one attached hydrogen (secondary N) is 3. The van der Waals surface area contributed by atoms with Crippen LogP contribution in [-0.4, -0.2) is 78.9 Å². The molecule has 3 aliphatic rings. The molecule has 2 saturated heterocycles. The normalized spacial score (nSPS) is 17.8. The number of ether oxygens (including phenoxy) is 1. The molecule has 3 N–H and O–H groups in total. The van der Waals surface area contributed by atoms with E-state index in [0.29, 0.717) is 83.2 Å². The van der Waals surface area contributed by atoms with Gasteiger partial charge in [-0.25, -0.2) is 9.37 Å². The fraction of sp³-hybridized carbons (Fsp3) is 0.316. The van der Waals surface area contributed by atoms with Crippen molar-refractivity contribution in [3.8, 4) is 11.7 Å². The molecule has 3 aromatic carbocycles. The van der Waals surface area contributed by atoms with Crippen molar-refractivity contribution in [2.45, 2.75) is 57.0 Å². The van der Waals surface area contributed by atoms with Crippen LogP contribution in [0.15, 0.2) is 65.5 Å². The van der Waals surface area contributed by atoms with Crippen molar-refractivity contribution in [1.82, 2.24) is 34.9 Å². The number of imide groups is 1. The Labute approximate surface area is 307 Å². The maximum Gasteiger partial charge on any atom is 0.277 e. The number of aromatic amines is 2. The van der Waals surface area contributed by atoms with Crippen molar-refractivity contribution in [2.24, 2.45) is 0 Å². The molecule has 15 heteroatoms. The second kappa shape index (κ2) is 14.0. The molecule has 3 aliphatic heterocycles. The summed E-state index contributed by atoms with van der Waals surface area (Å²) in [5.74, 6) is -1.02. The van der Waals surface area contributed by atoms with Gasteiger partial charge in [-0.1, -0.05) is 29.8 Å². The van der Waals surface area contributed by atoms with Gasteiger partial charge in [0.1, 0.15) is 17.6 Å². The average Bonchev–Trinajstić information content (AvgIpc) is 3.83. The number of amides is 4. The van der Waals surface area contributed by atoms with E-state index in [1.807, 2.05) is 0 Å². The van der Waals surface area contributed by atoms with E-state index in [1.165, 1.54) is 21.7 Å². The van der Waals surface area contributed by atoms with Gasteiger partial charge in [0.2, 0.25) is 17.8 Å². The molecule has 5 aromatic rings. The van der Waals surface area contributed by atoms with Crippen LogP contribution in [0.4, 0.5) is 4.39 Å². The molecule has 1 atom stereocenters. The smallest absolute Gasteiger partial charge is 0.277 e. The molecule has 5 heterocycles. The Morgan fingerprint density at radius 1 is 0.981 bits per heavy atom. The number of likely N-dealkylation sites (tertiary alicyclic amines) is 1. The van der Waals surface area contributed by atoms with Crippen LogP contribution in [0.3, 0.4) is 0 Å². The largest absolute Gasteiger partial charge is 0.483 e. The summed E-state index contributed by atoms with van der Waals surface area (Å²) in [6.45, 7) is 0.782. The standard InChI is InChI=1S/C38H35ClFN7O6/c39-23-7-11-28-29(18-23)42-38(41-28)47-37(52)26(10-6-21-4-8-24(40)9-5-21)34(44-47)22-14-16-45(17-15-22)33(49)20-53-31-3-1-2-25-27(31)19-46(36(25)51)30-12-13-32(48)43-35(30)50/h1-5,7-9,11,18,22,30,44H,6,10,12-17,19-20H2,(H,41,42)(H,43,48,50). The number of aryl methyl sites for hydroxylation is 1. The topological polar surface area (TPSA) is 162 Å². The second-order valence-corrected chi connectivity index (χ2v) is 14.1. The van der Waals surface area contributed by atoms with Crippen molar-refractivity contribution < 1.29 is 28.3 Å². The number of hydrogen-bond donors (Lipinski definition) is 3. The van der Waals surface area contributed by atoms with Crippen LogP contribution >= 0.6 is 11.6 Å². The molecule has 0 aliphatic carbocycles. The maximum atomic E-state index is 13.9. The first-order valence-corrected chi connectivity index (χ1v) is 17.9. The van der Waals surface area contributed by atoms with Gasteiger partial charge in [0.25, 0.3) is 17.4 Å². The Morgan fingerprint density at radius 2 is 1.77 bits per heavy atom. The summed E-state index contributed by atoms with van der Waals surface area (Å²) < 4.78 is 21.0. The summed E-state index contributed by atoms with van der Waals surface area (Å²) in [6.07, 6.45) is 2.56. The number of piperidine rings is 2. The highest BCUT2D eigenvalue weighted by atomic mass is 35.5. The lowest BCUT2D eigenvalue weighted by Gasteiger charge is -2.32. The van der Waals surface area contributed by atoms with Gasteiger partial charge >= 0.3 is 0 Å². The number of imidazole rings is 1. The predicted molar refractivity (Wildman–Crippen MR) is 191 cm³/mol. The highest BCUT2D eigenvalue weighted by Gasteiger charge is 2.40. The van der Waals surface area contributed by atoms with Gasteiger partial charge in [-0.3, -0.25) is 34.4 Å². The highest BCUT2D eigenvalue weighted by molar-refractivity contribution is 6.31. The number of halogens is 2. The fourth-order valence-electron chi connectivity index (χ4n) is 7.55. The molecule has 272 valence electrons. The zero-order valence-corrected chi connectivity index (χ0v) is 29.2. The van der Waals surface area contributed by atoms with E-state index in [1.54, 1.807) is 53.4 Å². The molecule has 0 radical (unpaired) electrons. The molecular formula is C38H35ClFN7O6. The van der Waals surface area contributed by atoms with Crippen LogP contribution < -0.4 is 15.6 Å². The van der Waals surface area contributed by atoms with Gasteiger partial charge in [0, 0.05) is 52.8 Å². The third kappa shape index (κ3) is 6.70. The van der Waals surface area contributed by atoms with Gasteiger partial charge in [-0.15, -0.1) is 0 Å². The van der Waals surface area contributed by atoms with Gasteiger partial charge in [0.15, 0.2) is 6.61 Å². The Hall–Kier alpha value is -5.76. The number of fused-ring (bicyclic) bond motifs is 2. The first-order chi connectivity index (χ1) is 25.6. The van der Waals surface area contributed by atoms with Crippen molar-refractivity contribution in [3.63, 3.8) is 0 Å². The van der Waals surface area contributed by atoms with E-state index in [9.17, 15) is 28.4 Å². The van der Waals surface area contributed by atoms with Gasteiger partial charge < -0.3 is 19.5 Å². The molecule has 4 amide bonds. The van der Waals surface area contributed by atoms with E-state index in [-0.39, 0.29) is 61.0 Å². The zero-order valence-electron chi connectivity index (χ0n) is 28.5. The Bertz CT molecular complexity index is 2330. The molecule has 0 spiro atoms. The lowest BCUT2D eigenvalue weighted by atomic mass is 9.90. The van der Waals surface area contributed by atoms with E-state index >= 15 is 0 Å². The summed E-state index contributed by atoms with van der Waals surface area (Å²) in [6, 6.07) is 15.8. The number of benzene rings is 3. The first-order valence-electron chi connectivity index (χ1n) is 17.5. The summed E-state index contributed by atoms with van der Waals surface area (Å²) in [7, 11) is 0. The van der Waals surface area contributed by atoms with Crippen LogP contribution in [0.5, 0.6) is 5.75 Å². The van der Waals surface area contributed by atoms with Gasteiger partial charge in [-0.05, 0) is 80.1 Å². The zero-order chi connectivity index (χ0) is 36.8. The second-order valence-electron chi connectivity index (χ2n) is 13.6. The number of aromatic nitrogens is 4. The van der Waals surface area contributed by atoms with E-state index < -0.39 is 11.9 Å². The maximum absolute atomic E-state index is 13.9. The Kier molecular flexibility index (Phi) is 9.06. The molecule has 0 bridgehead atoms. The minimum atomic E-state index is -0.753. The Balaban J connectivity index is 0.953. The van der Waals surface area contributed by atoms with Gasteiger partial charge in [0.05, 0.1) is 17.6 Å². The molecule has 8 rings (SSSR count). The summed E-state index contributed by atoms with van der Waals surface area (Å²) >= 11 is 6.18. The van der Waals surface area contributed by atoms with Crippen molar-refractivity contribution in [2.75, 3.05) is 19.7 Å². The monoisotopic (exact) mass is 739 g/mol. The minimum Gasteiger partial charge on any atom is -0.483 e. The lowest BCUT2D eigenvalue weighted by molar-refractivity contribution is -0.137. The van der Waals surface area contributed by atoms with Crippen molar-refractivity contribution in [3.05, 3.63) is 110 Å². The van der Waals surface area contributed by atoms with Crippen LogP contribution in [-0.2, 0) is 33.8 Å². The van der Waals surface area contributed by atoms with Crippen LogP contribution in [0.25, 0.3) is 17.0 Å². The summed E-state index contributed by atoms with van der Waals surface area (Å²) in [5.41, 5.74) is 4.42. The van der Waals surface area contributed by atoms with E-state index in [4.69, 9.17) is 16.3 Å². The van der Waals surface area contributed by atoms with E-state index in [0.717, 1.165) is 11.3 Å². The van der Waals surface area contributed by atoms with Crippen LogP contribution in [0.2, 0.25) is 5.02 Å². The molecule has 2 fully saturated rings. The number of nitrogens with zero attached hydrogens (tertiary/aromatic N) is 4. The molecule has 2 aromatic heterocycles. The number of H-pyrrole nitrogens is 2. The molecule has 13 nitrogen and oxygen atoms in total. The average molecular weight is 740 g/mol. The SMILES string of the molecule is O=C1CCC(N2Cc3c(OCC(=O)N4CCC(c5[nH]n(-c6nc7ccc(Cl)cc7[nH]6)c(=O)c5CCc5ccc(F)cc5)CC4)cccc3C2=O)C(=O)N1. The molecule has 0 saturated carbocycles. The number of hydrogen-bond acceptors (Lipinski definition) is 7.